The van der Waals surface area contributed by atoms with E-state index in [0.29, 0.717) is 42.8 Å². The molecule has 43 heavy (non-hydrogen) atoms. The summed E-state index contributed by atoms with van der Waals surface area (Å²) in [5, 5.41) is 6.40. The lowest BCUT2D eigenvalue weighted by Crippen LogP contribution is -2.49. The second-order valence-electron chi connectivity index (χ2n) is 10.4. The van der Waals surface area contributed by atoms with Crippen LogP contribution in [-0.4, -0.2) is 74.5 Å². The number of halogens is 3. The number of piperazine rings is 1. The lowest BCUT2D eigenvalue weighted by atomic mass is 10.0. The van der Waals surface area contributed by atoms with E-state index in [1.165, 1.54) is 34.9 Å². The van der Waals surface area contributed by atoms with Crippen molar-refractivity contribution in [2.24, 2.45) is 0 Å². The molecule has 1 aliphatic heterocycles. The van der Waals surface area contributed by atoms with Crippen LogP contribution in [0.5, 0.6) is 0 Å². The van der Waals surface area contributed by atoms with Crippen LogP contribution in [0.3, 0.4) is 0 Å². The molecular formula is C29H26F3N7O3S. The fourth-order valence-corrected chi connectivity index (χ4v) is 6.73. The molecule has 1 N–H and O–H groups in total. The Balaban J connectivity index is 1.14. The van der Waals surface area contributed by atoms with Crippen molar-refractivity contribution in [2.75, 3.05) is 31.5 Å². The van der Waals surface area contributed by atoms with Gasteiger partial charge in [0, 0.05) is 62.6 Å². The number of sulfonamides is 1. The van der Waals surface area contributed by atoms with Gasteiger partial charge < -0.3 is 5.32 Å². The first-order chi connectivity index (χ1) is 20.6. The first-order valence-corrected chi connectivity index (χ1v) is 15.1. The number of benzene rings is 1. The molecule has 0 atom stereocenters. The van der Waals surface area contributed by atoms with Crippen LogP contribution < -0.4 is 5.32 Å². The van der Waals surface area contributed by atoms with E-state index in [2.05, 4.69) is 32.2 Å². The van der Waals surface area contributed by atoms with Crippen molar-refractivity contribution in [2.45, 2.75) is 30.8 Å². The lowest BCUT2D eigenvalue weighted by molar-refractivity contribution is -0.138. The maximum Gasteiger partial charge on any atom is 0.416 e. The SMILES string of the molecule is O=C(Nc1ccc(CN2CCN(S(=O)(=O)C3CC3)CC2)c(C(F)(F)F)c1)c1cncc(C#Cc2cnc3cccnn23)c1. The number of aromatic nitrogens is 4. The van der Waals surface area contributed by atoms with Crippen LogP contribution >= 0.6 is 0 Å². The van der Waals surface area contributed by atoms with Crippen LogP contribution in [0.15, 0.2) is 61.2 Å². The Morgan fingerprint density at radius 3 is 2.56 bits per heavy atom. The van der Waals surface area contributed by atoms with E-state index < -0.39 is 27.7 Å². The van der Waals surface area contributed by atoms with Crippen LogP contribution in [0.1, 0.15) is 45.6 Å². The maximum absolute atomic E-state index is 14.1. The van der Waals surface area contributed by atoms with E-state index in [4.69, 9.17) is 0 Å². The predicted octanol–water partition coefficient (Wildman–Crippen LogP) is 3.41. The van der Waals surface area contributed by atoms with Crippen LogP contribution in [-0.2, 0) is 22.7 Å². The number of pyridine rings is 1. The molecule has 0 spiro atoms. The zero-order valence-electron chi connectivity index (χ0n) is 22.8. The normalized spacial score (nSPS) is 16.5. The van der Waals surface area contributed by atoms with Gasteiger partial charge in [-0.05, 0) is 54.7 Å². The molecule has 1 aliphatic carbocycles. The van der Waals surface area contributed by atoms with E-state index >= 15 is 0 Å². The number of hydrogen-bond acceptors (Lipinski definition) is 7. The van der Waals surface area contributed by atoms with Gasteiger partial charge in [-0.15, -0.1) is 0 Å². The summed E-state index contributed by atoms with van der Waals surface area (Å²) in [5.74, 6) is 5.21. The molecule has 1 saturated carbocycles. The Bertz CT molecular complexity index is 1850. The van der Waals surface area contributed by atoms with Gasteiger partial charge in [-0.3, -0.25) is 14.7 Å². The molecule has 6 rings (SSSR count). The van der Waals surface area contributed by atoms with Gasteiger partial charge in [0.05, 0.1) is 22.6 Å². The third kappa shape index (κ3) is 6.38. The molecule has 1 amide bonds. The summed E-state index contributed by atoms with van der Waals surface area (Å²) in [5.41, 5.74) is 0.881. The fourth-order valence-electron chi connectivity index (χ4n) is 4.90. The van der Waals surface area contributed by atoms with Crippen molar-refractivity contribution in [3.8, 4) is 11.8 Å². The number of rotatable bonds is 6. The van der Waals surface area contributed by atoms with Crippen molar-refractivity contribution in [3.63, 3.8) is 0 Å². The Morgan fingerprint density at radius 2 is 1.81 bits per heavy atom. The molecule has 2 fully saturated rings. The van der Waals surface area contributed by atoms with Gasteiger partial charge in [-0.2, -0.15) is 22.6 Å². The van der Waals surface area contributed by atoms with Crippen molar-refractivity contribution >= 4 is 27.3 Å². The van der Waals surface area contributed by atoms with Crippen molar-refractivity contribution in [1.29, 1.82) is 0 Å². The highest BCUT2D eigenvalue weighted by molar-refractivity contribution is 7.90. The summed E-state index contributed by atoms with van der Waals surface area (Å²) in [6, 6.07) is 8.71. The number of alkyl halides is 3. The Hall–Kier alpha value is -4.32. The molecule has 4 aromatic rings. The van der Waals surface area contributed by atoms with E-state index in [1.807, 2.05) is 4.90 Å². The Labute approximate surface area is 245 Å². The number of anilines is 1. The minimum Gasteiger partial charge on any atom is -0.322 e. The number of nitrogens with one attached hydrogen (secondary N) is 1. The van der Waals surface area contributed by atoms with Crippen molar-refractivity contribution in [1.82, 2.24) is 28.8 Å². The van der Waals surface area contributed by atoms with Gasteiger partial charge in [0.25, 0.3) is 5.91 Å². The number of amides is 1. The van der Waals surface area contributed by atoms with Gasteiger partial charge in [0.1, 0.15) is 5.69 Å². The molecule has 3 aromatic heterocycles. The van der Waals surface area contributed by atoms with Gasteiger partial charge in [0.15, 0.2) is 5.65 Å². The van der Waals surface area contributed by atoms with E-state index in [-0.39, 0.29) is 41.7 Å². The first-order valence-electron chi connectivity index (χ1n) is 13.6. The molecule has 0 radical (unpaired) electrons. The van der Waals surface area contributed by atoms with E-state index in [1.54, 1.807) is 29.0 Å². The summed E-state index contributed by atoms with van der Waals surface area (Å²) >= 11 is 0. The number of carbonyl (C=O) groups is 1. The smallest absolute Gasteiger partial charge is 0.322 e. The molecule has 0 bridgehead atoms. The van der Waals surface area contributed by atoms with Crippen LogP contribution in [0.4, 0.5) is 18.9 Å². The number of imidazole rings is 1. The van der Waals surface area contributed by atoms with Gasteiger partial charge in [0.2, 0.25) is 10.0 Å². The standard InChI is InChI=1S/C29H26F3N7O3S/c30-29(31,32)26-15-23(5-4-21(26)19-37-10-12-38(13-11-37)43(41,42)25-7-8-25)36-28(40)22-14-20(16-33-17-22)3-6-24-18-34-27-2-1-9-35-39(24)27/h1-2,4-5,9,14-18,25H,7-8,10-13,19H2,(H,36,40). The summed E-state index contributed by atoms with van der Waals surface area (Å²) in [6.07, 6.45) is 2.62. The van der Waals surface area contributed by atoms with Crippen LogP contribution in [0.2, 0.25) is 0 Å². The summed E-state index contributed by atoms with van der Waals surface area (Å²) in [4.78, 5) is 23.0. The number of carbonyl (C=O) groups excluding carboxylic acids is 1. The highest BCUT2D eigenvalue weighted by Crippen LogP contribution is 2.35. The average molecular weight is 610 g/mol. The molecular weight excluding hydrogens is 583 g/mol. The highest BCUT2D eigenvalue weighted by Gasteiger charge is 2.41. The first kappa shape index (κ1) is 28.8. The van der Waals surface area contributed by atoms with Crippen LogP contribution in [0, 0.1) is 11.8 Å². The molecule has 4 heterocycles. The maximum atomic E-state index is 14.1. The quantitative estimate of drug-likeness (QED) is 0.334. The van der Waals surface area contributed by atoms with Crippen molar-refractivity contribution in [3.05, 3.63) is 89.1 Å². The summed E-state index contributed by atoms with van der Waals surface area (Å²) < 4.78 is 70.1. The second kappa shape index (κ2) is 11.4. The average Bonchev–Trinajstić information content (AvgIpc) is 3.78. The zero-order chi connectivity index (χ0) is 30.2. The molecule has 10 nitrogen and oxygen atoms in total. The second-order valence-corrected chi connectivity index (χ2v) is 12.6. The predicted molar refractivity (Wildman–Crippen MR) is 151 cm³/mol. The van der Waals surface area contributed by atoms with Crippen molar-refractivity contribution < 1.29 is 26.4 Å². The van der Waals surface area contributed by atoms with E-state index in [0.717, 1.165) is 6.07 Å². The molecule has 0 unspecified atom stereocenters. The fraction of sp³-hybridized carbons (Fsp3) is 0.310. The van der Waals surface area contributed by atoms with Crippen LogP contribution in [0.25, 0.3) is 5.65 Å². The molecule has 14 heteroatoms. The van der Waals surface area contributed by atoms with Gasteiger partial charge >= 0.3 is 6.18 Å². The Morgan fingerprint density at radius 1 is 1.02 bits per heavy atom. The summed E-state index contributed by atoms with van der Waals surface area (Å²) in [6.45, 7) is 1.18. The minimum atomic E-state index is -4.66. The molecule has 1 saturated heterocycles. The lowest BCUT2D eigenvalue weighted by Gasteiger charge is -2.34. The van der Waals surface area contributed by atoms with Gasteiger partial charge in [-0.1, -0.05) is 12.0 Å². The molecule has 222 valence electrons. The summed E-state index contributed by atoms with van der Waals surface area (Å²) in [7, 11) is -3.31. The number of hydrogen-bond donors (Lipinski definition) is 1. The highest BCUT2D eigenvalue weighted by atomic mass is 32.2. The number of nitrogens with zero attached hydrogens (tertiary/aromatic N) is 6. The topological polar surface area (TPSA) is 113 Å². The third-order valence-corrected chi connectivity index (χ3v) is 9.72. The zero-order valence-corrected chi connectivity index (χ0v) is 23.6. The molecule has 2 aliphatic rings. The molecule has 1 aromatic carbocycles. The van der Waals surface area contributed by atoms with E-state index in [9.17, 15) is 26.4 Å². The monoisotopic (exact) mass is 609 g/mol. The Kier molecular flexibility index (Phi) is 7.63. The largest absolute Gasteiger partial charge is 0.416 e. The number of fused-ring (bicyclic) bond motifs is 1. The van der Waals surface area contributed by atoms with Gasteiger partial charge in [-0.25, -0.2) is 17.9 Å². The third-order valence-electron chi connectivity index (χ3n) is 7.32. The minimum absolute atomic E-state index is 0.00696.